The first kappa shape index (κ1) is 14.0. The van der Waals surface area contributed by atoms with Crippen molar-refractivity contribution in [2.24, 2.45) is 0 Å². The van der Waals surface area contributed by atoms with Gasteiger partial charge in [-0.2, -0.15) is 0 Å². The van der Waals surface area contributed by atoms with E-state index in [1.807, 2.05) is 18.2 Å². The van der Waals surface area contributed by atoms with Gasteiger partial charge in [-0.1, -0.05) is 19.1 Å². The van der Waals surface area contributed by atoms with E-state index < -0.39 is 0 Å². The van der Waals surface area contributed by atoms with Gasteiger partial charge in [-0.15, -0.1) is 0 Å². The molecule has 2 rings (SSSR count). The van der Waals surface area contributed by atoms with Crippen molar-refractivity contribution in [3.8, 4) is 11.5 Å². The molecule has 0 aliphatic rings. The molecule has 0 fully saturated rings. The van der Waals surface area contributed by atoms with Gasteiger partial charge in [-0.3, -0.25) is 0 Å². The standard InChI is InChI=1S/C15H15BrFNO/c1-2-18-10-11-6-7-15(14(16)8-11)19-13-5-3-4-12(17)9-13/h3-9,18H,2,10H2,1H3. The lowest BCUT2D eigenvalue weighted by atomic mass is 10.2. The van der Waals surface area contributed by atoms with E-state index in [-0.39, 0.29) is 5.82 Å². The van der Waals surface area contributed by atoms with Gasteiger partial charge in [0.2, 0.25) is 0 Å². The summed E-state index contributed by atoms with van der Waals surface area (Å²) in [6.45, 7) is 3.81. The van der Waals surface area contributed by atoms with Crippen molar-refractivity contribution in [2.45, 2.75) is 13.5 Å². The maximum atomic E-state index is 13.1. The second-order valence-corrected chi connectivity index (χ2v) is 4.96. The Morgan fingerprint density at radius 3 is 2.74 bits per heavy atom. The number of halogens is 2. The molecule has 1 N–H and O–H groups in total. The van der Waals surface area contributed by atoms with E-state index in [4.69, 9.17) is 4.74 Å². The molecule has 0 bridgehead atoms. The lowest BCUT2D eigenvalue weighted by Crippen LogP contribution is -2.11. The van der Waals surface area contributed by atoms with Crippen LogP contribution in [0.5, 0.6) is 11.5 Å². The van der Waals surface area contributed by atoms with Gasteiger partial charge in [0.15, 0.2) is 0 Å². The van der Waals surface area contributed by atoms with Crippen LogP contribution in [0.4, 0.5) is 4.39 Å². The van der Waals surface area contributed by atoms with Crippen LogP contribution in [-0.2, 0) is 6.54 Å². The second kappa shape index (κ2) is 6.68. The summed E-state index contributed by atoms with van der Waals surface area (Å²) in [5, 5.41) is 3.26. The third kappa shape index (κ3) is 4.04. The summed E-state index contributed by atoms with van der Waals surface area (Å²) in [5.74, 6) is 0.850. The van der Waals surface area contributed by atoms with E-state index in [1.165, 1.54) is 17.7 Å². The van der Waals surface area contributed by atoms with Gasteiger partial charge in [0, 0.05) is 12.6 Å². The van der Waals surface area contributed by atoms with Crippen molar-refractivity contribution in [3.05, 3.63) is 58.3 Å². The van der Waals surface area contributed by atoms with E-state index in [1.54, 1.807) is 12.1 Å². The summed E-state index contributed by atoms with van der Waals surface area (Å²) >= 11 is 3.47. The van der Waals surface area contributed by atoms with Crippen LogP contribution >= 0.6 is 15.9 Å². The van der Waals surface area contributed by atoms with Crippen LogP contribution < -0.4 is 10.1 Å². The van der Waals surface area contributed by atoms with Gasteiger partial charge in [0.05, 0.1) is 4.47 Å². The molecule has 0 radical (unpaired) electrons. The molecule has 100 valence electrons. The number of ether oxygens (including phenoxy) is 1. The zero-order valence-electron chi connectivity index (χ0n) is 10.6. The Hall–Kier alpha value is -1.39. The Balaban J connectivity index is 2.13. The average Bonchev–Trinajstić information content (AvgIpc) is 2.39. The SMILES string of the molecule is CCNCc1ccc(Oc2cccc(F)c2)c(Br)c1. The van der Waals surface area contributed by atoms with Gasteiger partial charge in [0.25, 0.3) is 0 Å². The van der Waals surface area contributed by atoms with Crippen LogP contribution in [0.1, 0.15) is 12.5 Å². The molecule has 0 aliphatic heterocycles. The van der Waals surface area contributed by atoms with Crippen molar-refractivity contribution < 1.29 is 9.13 Å². The lowest BCUT2D eigenvalue weighted by molar-refractivity contribution is 0.473. The Morgan fingerprint density at radius 1 is 1.21 bits per heavy atom. The van der Waals surface area contributed by atoms with Crippen molar-refractivity contribution in [3.63, 3.8) is 0 Å². The topological polar surface area (TPSA) is 21.3 Å². The molecule has 2 aromatic rings. The van der Waals surface area contributed by atoms with E-state index in [0.717, 1.165) is 17.6 Å². The first-order valence-corrected chi connectivity index (χ1v) is 6.91. The number of hydrogen-bond donors (Lipinski definition) is 1. The minimum atomic E-state index is -0.308. The largest absolute Gasteiger partial charge is 0.456 e. The molecule has 0 saturated carbocycles. The maximum absolute atomic E-state index is 13.1. The fourth-order valence-electron chi connectivity index (χ4n) is 1.66. The molecule has 0 atom stereocenters. The molecule has 19 heavy (non-hydrogen) atoms. The Morgan fingerprint density at radius 2 is 2.05 bits per heavy atom. The van der Waals surface area contributed by atoms with E-state index in [2.05, 4.69) is 28.2 Å². The van der Waals surface area contributed by atoms with Gasteiger partial charge in [0.1, 0.15) is 17.3 Å². The zero-order chi connectivity index (χ0) is 13.7. The smallest absolute Gasteiger partial charge is 0.141 e. The molecule has 0 saturated heterocycles. The summed E-state index contributed by atoms with van der Waals surface area (Å²) in [6.07, 6.45) is 0. The summed E-state index contributed by atoms with van der Waals surface area (Å²) in [4.78, 5) is 0. The number of benzene rings is 2. The number of rotatable bonds is 5. The fraction of sp³-hybridized carbons (Fsp3) is 0.200. The van der Waals surface area contributed by atoms with Crippen LogP contribution in [0.15, 0.2) is 46.9 Å². The van der Waals surface area contributed by atoms with Crippen molar-refractivity contribution in [1.29, 1.82) is 0 Å². The highest BCUT2D eigenvalue weighted by atomic mass is 79.9. The molecule has 4 heteroatoms. The molecular weight excluding hydrogens is 309 g/mol. The van der Waals surface area contributed by atoms with Gasteiger partial charge in [-0.05, 0) is 52.3 Å². The summed E-state index contributed by atoms with van der Waals surface area (Å²) < 4.78 is 19.6. The monoisotopic (exact) mass is 323 g/mol. The van der Waals surface area contributed by atoms with Crippen molar-refractivity contribution in [1.82, 2.24) is 5.32 Å². The summed E-state index contributed by atoms with van der Waals surface area (Å²) in [5.41, 5.74) is 1.17. The Bertz CT molecular complexity index is 560. The predicted octanol–water partition coefficient (Wildman–Crippen LogP) is 4.49. The maximum Gasteiger partial charge on any atom is 0.141 e. The molecule has 0 spiro atoms. The van der Waals surface area contributed by atoms with Crippen molar-refractivity contribution >= 4 is 15.9 Å². The van der Waals surface area contributed by atoms with Gasteiger partial charge < -0.3 is 10.1 Å². The quantitative estimate of drug-likeness (QED) is 0.875. The molecule has 0 aromatic heterocycles. The number of hydrogen-bond acceptors (Lipinski definition) is 2. The minimum Gasteiger partial charge on any atom is -0.456 e. The fourth-order valence-corrected chi connectivity index (χ4v) is 2.17. The summed E-state index contributed by atoms with van der Waals surface area (Å²) in [6, 6.07) is 12.0. The van der Waals surface area contributed by atoms with E-state index in [0.29, 0.717) is 11.5 Å². The second-order valence-electron chi connectivity index (χ2n) is 4.10. The predicted molar refractivity (Wildman–Crippen MR) is 78.0 cm³/mol. The highest BCUT2D eigenvalue weighted by Crippen LogP contribution is 2.30. The molecule has 2 aromatic carbocycles. The molecular formula is C15H15BrFNO. The Labute approximate surface area is 120 Å². The van der Waals surface area contributed by atoms with Crippen LogP contribution in [0.3, 0.4) is 0 Å². The van der Waals surface area contributed by atoms with Crippen LogP contribution in [0.25, 0.3) is 0 Å². The highest BCUT2D eigenvalue weighted by molar-refractivity contribution is 9.10. The van der Waals surface area contributed by atoms with Crippen LogP contribution in [-0.4, -0.2) is 6.54 Å². The average molecular weight is 324 g/mol. The first-order chi connectivity index (χ1) is 9.19. The van der Waals surface area contributed by atoms with Crippen molar-refractivity contribution in [2.75, 3.05) is 6.54 Å². The first-order valence-electron chi connectivity index (χ1n) is 6.11. The molecule has 0 amide bonds. The van der Waals surface area contributed by atoms with Gasteiger partial charge >= 0.3 is 0 Å². The number of nitrogens with one attached hydrogen (secondary N) is 1. The normalized spacial score (nSPS) is 10.5. The molecule has 0 heterocycles. The minimum absolute atomic E-state index is 0.308. The summed E-state index contributed by atoms with van der Waals surface area (Å²) in [7, 11) is 0. The molecule has 2 nitrogen and oxygen atoms in total. The lowest BCUT2D eigenvalue weighted by Gasteiger charge is -2.09. The van der Waals surface area contributed by atoms with Gasteiger partial charge in [-0.25, -0.2) is 4.39 Å². The highest BCUT2D eigenvalue weighted by Gasteiger charge is 2.05. The van der Waals surface area contributed by atoms with Crippen LogP contribution in [0.2, 0.25) is 0 Å². The van der Waals surface area contributed by atoms with E-state index >= 15 is 0 Å². The van der Waals surface area contributed by atoms with E-state index in [9.17, 15) is 4.39 Å². The Kier molecular flexibility index (Phi) is 4.93. The zero-order valence-corrected chi connectivity index (χ0v) is 12.2. The van der Waals surface area contributed by atoms with Crippen LogP contribution in [0, 0.1) is 5.82 Å². The third-order valence-corrected chi connectivity index (χ3v) is 3.22. The molecule has 0 aliphatic carbocycles. The molecule has 0 unspecified atom stereocenters. The third-order valence-electron chi connectivity index (χ3n) is 2.60.